The summed E-state index contributed by atoms with van der Waals surface area (Å²) in [5.74, 6) is 0.918. The Kier molecular flexibility index (Phi) is 7.69. The highest BCUT2D eigenvalue weighted by atomic mass is 16.1. The van der Waals surface area contributed by atoms with Crippen LogP contribution in [-0.2, 0) is 11.3 Å². The summed E-state index contributed by atoms with van der Waals surface area (Å²) in [4.78, 5) is 27.3. The normalized spacial score (nSPS) is 13.4. The maximum atomic E-state index is 11.2. The molecule has 0 unspecified atom stereocenters. The van der Waals surface area contributed by atoms with Gasteiger partial charge in [0.15, 0.2) is 17.0 Å². The lowest BCUT2D eigenvalue weighted by atomic mass is 10.2. The molecule has 5 N–H and O–H groups in total. The van der Waals surface area contributed by atoms with Crippen molar-refractivity contribution in [2.45, 2.75) is 26.3 Å². The van der Waals surface area contributed by atoms with E-state index in [0.29, 0.717) is 66.0 Å². The van der Waals surface area contributed by atoms with Gasteiger partial charge in [-0.05, 0) is 62.2 Å². The Bertz CT molecular complexity index is 1430. The third-order valence-corrected chi connectivity index (χ3v) is 6.31. The maximum absolute atomic E-state index is 11.2. The van der Waals surface area contributed by atoms with E-state index >= 15 is 0 Å². The molecule has 3 heterocycles. The fourth-order valence-electron chi connectivity index (χ4n) is 4.37. The third-order valence-electron chi connectivity index (χ3n) is 6.31. The topological polar surface area (TPSA) is 151 Å². The number of rotatable bonds is 11. The van der Waals surface area contributed by atoms with Crippen LogP contribution < -0.4 is 26.6 Å². The van der Waals surface area contributed by atoms with E-state index in [2.05, 4.69) is 58.2 Å². The van der Waals surface area contributed by atoms with E-state index in [0.717, 1.165) is 18.8 Å². The Hall–Kier alpha value is -4.58. The monoisotopic (exact) mass is 513 g/mol. The van der Waals surface area contributed by atoms with Crippen LogP contribution in [0.1, 0.15) is 19.8 Å². The zero-order valence-electron chi connectivity index (χ0n) is 21.3. The van der Waals surface area contributed by atoms with Crippen LogP contribution in [-0.4, -0.2) is 52.1 Å². The number of nitrogens with two attached hydrogens (primary N) is 1. The predicted octanol–water partition coefficient (Wildman–Crippen LogP) is 4.54. The molecule has 1 saturated heterocycles. The summed E-state index contributed by atoms with van der Waals surface area (Å²) in [6.45, 7) is 5.90. The number of carbonyl (C=O) groups excluding carboxylic acids is 1. The van der Waals surface area contributed by atoms with Crippen molar-refractivity contribution in [3.63, 3.8) is 0 Å². The minimum Gasteiger partial charge on any atom is -0.372 e. The van der Waals surface area contributed by atoms with Crippen molar-refractivity contribution in [2.24, 2.45) is 16.0 Å². The SMILES string of the molecule is CCn1cnc2c(NCCN)nc(Nc3cc(/N=N/c4ccc(N5CCCC5)cc4)ccc3NC=O)nc21. The summed E-state index contributed by atoms with van der Waals surface area (Å²) in [6.07, 6.45) is 4.82. The van der Waals surface area contributed by atoms with Crippen LogP contribution in [0, 0.1) is 0 Å². The fraction of sp³-hybridized carbons (Fsp3) is 0.308. The third kappa shape index (κ3) is 5.54. The lowest BCUT2D eigenvalue weighted by Crippen LogP contribution is -2.17. The number of benzene rings is 2. The smallest absolute Gasteiger partial charge is 0.231 e. The van der Waals surface area contributed by atoms with Crippen molar-refractivity contribution in [1.29, 1.82) is 0 Å². The van der Waals surface area contributed by atoms with Crippen molar-refractivity contribution in [3.8, 4) is 0 Å². The molecule has 12 heteroatoms. The molecule has 1 aliphatic heterocycles. The average Bonchev–Trinajstić information content (AvgIpc) is 3.63. The van der Waals surface area contributed by atoms with Gasteiger partial charge in [-0.15, -0.1) is 0 Å². The molecule has 1 aliphatic rings. The van der Waals surface area contributed by atoms with Crippen molar-refractivity contribution in [1.82, 2.24) is 19.5 Å². The number of nitrogens with zero attached hydrogens (tertiary/aromatic N) is 7. The average molecular weight is 514 g/mol. The second-order valence-corrected chi connectivity index (χ2v) is 8.84. The molecular formula is C26H31N11O. The number of imidazole rings is 1. The standard InChI is InChI=1S/C26H31N11O/c1-2-36-16-29-23-24(28-12-11-27)32-26(33-25(23)36)31-22-15-19(7-10-21(22)30-17-38)35-34-18-5-8-20(9-6-18)37-13-3-4-14-37/h5-10,15-17H,2-4,11-14,27H2,1H3,(H,30,38)(H2,28,31,32,33)/b35-34+. The molecule has 1 amide bonds. The van der Waals surface area contributed by atoms with Gasteiger partial charge in [0.2, 0.25) is 12.4 Å². The van der Waals surface area contributed by atoms with Crippen LogP contribution in [0.4, 0.5) is 40.2 Å². The Morgan fingerprint density at radius 2 is 1.79 bits per heavy atom. The Labute approximate surface area is 220 Å². The lowest BCUT2D eigenvalue weighted by molar-refractivity contribution is -0.105. The summed E-state index contributed by atoms with van der Waals surface area (Å²) in [7, 11) is 0. The number of nitrogens with one attached hydrogen (secondary N) is 3. The number of hydrogen-bond donors (Lipinski definition) is 4. The number of aromatic nitrogens is 4. The van der Waals surface area contributed by atoms with Gasteiger partial charge in [-0.2, -0.15) is 20.2 Å². The van der Waals surface area contributed by atoms with Gasteiger partial charge < -0.3 is 31.2 Å². The van der Waals surface area contributed by atoms with Crippen molar-refractivity contribution in [2.75, 3.05) is 47.0 Å². The molecule has 1 fully saturated rings. The molecule has 0 saturated carbocycles. The molecule has 0 radical (unpaired) electrons. The zero-order valence-corrected chi connectivity index (χ0v) is 21.3. The molecule has 4 aromatic rings. The van der Waals surface area contributed by atoms with Crippen molar-refractivity contribution in [3.05, 3.63) is 48.8 Å². The van der Waals surface area contributed by atoms with E-state index in [4.69, 9.17) is 5.73 Å². The van der Waals surface area contributed by atoms with Gasteiger partial charge in [-0.1, -0.05) is 0 Å². The first-order valence-corrected chi connectivity index (χ1v) is 12.7. The summed E-state index contributed by atoms with van der Waals surface area (Å²) in [6, 6.07) is 13.4. The quantitative estimate of drug-likeness (QED) is 0.168. The van der Waals surface area contributed by atoms with E-state index in [1.807, 2.05) is 23.6 Å². The first-order chi connectivity index (χ1) is 18.7. The number of carbonyl (C=O) groups is 1. The summed E-state index contributed by atoms with van der Waals surface area (Å²) in [5, 5.41) is 17.9. The molecular weight excluding hydrogens is 482 g/mol. The fourth-order valence-corrected chi connectivity index (χ4v) is 4.37. The molecule has 12 nitrogen and oxygen atoms in total. The van der Waals surface area contributed by atoms with Gasteiger partial charge in [0.1, 0.15) is 0 Å². The lowest BCUT2D eigenvalue weighted by Gasteiger charge is -2.17. The molecule has 2 aromatic heterocycles. The van der Waals surface area contributed by atoms with Crippen LogP contribution in [0.25, 0.3) is 11.2 Å². The van der Waals surface area contributed by atoms with Crippen LogP contribution in [0.5, 0.6) is 0 Å². The minimum atomic E-state index is 0.341. The van der Waals surface area contributed by atoms with Crippen molar-refractivity contribution < 1.29 is 4.79 Å². The minimum absolute atomic E-state index is 0.341. The molecule has 0 bridgehead atoms. The highest BCUT2D eigenvalue weighted by Crippen LogP contribution is 2.32. The van der Waals surface area contributed by atoms with Crippen LogP contribution in [0.15, 0.2) is 59.0 Å². The molecule has 0 spiro atoms. The van der Waals surface area contributed by atoms with Gasteiger partial charge in [-0.3, -0.25) is 4.79 Å². The second kappa shape index (κ2) is 11.6. The number of hydrogen-bond acceptors (Lipinski definition) is 10. The molecule has 2 aromatic carbocycles. The van der Waals surface area contributed by atoms with Crippen LogP contribution in [0.2, 0.25) is 0 Å². The largest absolute Gasteiger partial charge is 0.372 e. The number of fused-ring (bicyclic) bond motifs is 1. The second-order valence-electron chi connectivity index (χ2n) is 8.84. The van der Waals surface area contributed by atoms with E-state index in [1.165, 1.54) is 18.5 Å². The molecule has 0 aliphatic carbocycles. The number of anilines is 5. The first-order valence-electron chi connectivity index (χ1n) is 12.7. The Morgan fingerprint density at radius 3 is 2.53 bits per heavy atom. The van der Waals surface area contributed by atoms with Gasteiger partial charge >= 0.3 is 0 Å². The summed E-state index contributed by atoms with van der Waals surface area (Å²) in [5.41, 5.74) is 10.7. The van der Waals surface area contributed by atoms with E-state index < -0.39 is 0 Å². The van der Waals surface area contributed by atoms with Gasteiger partial charge in [0.25, 0.3) is 0 Å². The maximum Gasteiger partial charge on any atom is 0.231 e. The summed E-state index contributed by atoms with van der Waals surface area (Å²) >= 11 is 0. The highest BCUT2D eigenvalue weighted by molar-refractivity contribution is 5.87. The van der Waals surface area contributed by atoms with Gasteiger partial charge in [0, 0.05) is 38.4 Å². The van der Waals surface area contributed by atoms with Crippen LogP contribution >= 0.6 is 0 Å². The number of azo groups is 1. The zero-order chi connectivity index (χ0) is 26.3. The van der Waals surface area contributed by atoms with E-state index in [1.54, 1.807) is 24.5 Å². The highest BCUT2D eigenvalue weighted by Gasteiger charge is 2.15. The van der Waals surface area contributed by atoms with Gasteiger partial charge in [-0.25, -0.2) is 4.98 Å². The van der Waals surface area contributed by atoms with E-state index in [9.17, 15) is 4.79 Å². The Balaban J connectivity index is 1.41. The Morgan fingerprint density at radius 1 is 1.03 bits per heavy atom. The molecule has 5 rings (SSSR count). The van der Waals surface area contributed by atoms with Crippen LogP contribution in [0.3, 0.4) is 0 Å². The first kappa shape index (κ1) is 25.1. The number of aryl methyl sites for hydroxylation is 1. The van der Waals surface area contributed by atoms with Gasteiger partial charge in [0.05, 0.1) is 29.1 Å². The molecule has 38 heavy (non-hydrogen) atoms. The van der Waals surface area contributed by atoms with E-state index in [-0.39, 0.29) is 0 Å². The molecule has 196 valence electrons. The predicted molar refractivity (Wildman–Crippen MR) is 150 cm³/mol. The number of amides is 1. The summed E-state index contributed by atoms with van der Waals surface area (Å²) < 4.78 is 1.93. The molecule has 0 atom stereocenters. The van der Waals surface area contributed by atoms with Crippen molar-refractivity contribution >= 4 is 57.8 Å².